The molecule has 1 aromatic rings. The zero-order valence-electron chi connectivity index (χ0n) is 12.9. The van der Waals surface area contributed by atoms with Gasteiger partial charge >= 0.3 is 0 Å². The van der Waals surface area contributed by atoms with Crippen LogP contribution in [0.3, 0.4) is 0 Å². The van der Waals surface area contributed by atoms with Gasteiger partial charge in [0.05, 0.1) is 0 Å². The van der Waals surface area contributed by atoms with Gasteiger partial charge in [0, 0.05) is 19.1 Å². The second kappa shape index (κ2) is 7.74. The molecule has 1 saturated heterocycles. The van der Waals surface area contributed by atoms with Crippen LogP contribution in [-0.2, 0) is 11.2 Å². The molecule has 1 aromatic heterocycles. The van der Waals surface area contributed by atoms with Crippen LogP contribution in [0.5, 0.6) is 0 Å². The molecule has 2 heterocycles. The summed E-state index contributed by atoms with van der Waals surface area (Å²) in [5.41, 5.74) is 0. The predicted octanol–water partition coefficient (Wildman–Crippen LogP) is 2.88. The van der Waals surface area contributed by atoms with Crippen LogP contribution in [0.15, 0.2) is 4.52 Å². The summed E-state index contributed by atoms with van der Waals surface area (Å²) >= 11 is 0. The Morgan fingerprint density at radius 1 is 1.40 bits per heavy atom. The van der Waals surface area contributed by atoms with Gasteiger partial charge < -0.3 is 14.6 Å². The fraction of sp³-hybridized carbons (Fsp3) is 0.867. The van der Waals surface area contributed by atoms with E-state index < -0.39 is 0 Å². The molecule has 0 radical (unpaired) electrons. The number of rotatable bonds is 8. The van der Waals surface area contributed by atoms with Gasteiger partial charge in [0.2, 0.25) is 11.7 Å². The van der Waals surface area contributed by atoms with Crippen LogP contribution in [0.2, 0.25) is 0 Å². The van der Waals surface area contributed by atoms with E-state index in [9.17, 15) is 0 Å². The molecule has 0 amide bonds. The lowest BCUT2D eigenvalue weighted by Crippen LogP contribution is -2.33. The number of nitrogens with one attached hydrogen (secondary N) is 1. The minimum Gasteiger partial charge on any atom is -0.370 e. The summed E-state index contributed by atoms with van der Waals surface area (Å²) < 4.78 is 11.0. The van der Waals surface area contributed by atoms with E-state index in [-0.39, 0.29) is 6.10 Å². The smallest absolute Gasteiger partial charge is 0.228 e. The number of ether oxygens (including phenoxy) is 1. The van der Waals surface area contributed by atoms with Crippen molar-refractivity contribution in [2.45, 2.75) is 65.0 Å². The van der Waals surface area contributed by atoms with Crippen LogP contribution in [0.4, 0.5) is 0 Å². The third-order valence-electron chi connectivity index (χ3n) is 3.56. The summed E-state index contributed by atoms with van der Waals surface area (Å²) in [7, 11) is 0. The number of hydrogen-bond donors (Lipinski definition) is 1. The van der Waals surface area contributed by atoms with Crippen molar-refractivity contribution in [2.24, 2.45) is 5.92 Å². The highest BCUT2D eigenvalue weighted by Gasteiger charge is 2.24. The maximum absolute atomic E-state index is 5.59. The van der Waals surface area contributed by atoms with E-state index in [1.807, 2.05) is 0 Å². The van der Waals surface area contributed by atoms with Crippen LogP contribution < -0.4 is 5.32 Å². The van der Waals surface area contributed by atoms with Gasteiger partial charge in [-0.25, -0.2) is 0 Å². The lowest BCUT2D eigenvalue weighted by atomic mass is 10.0. The van der Waals surface area contributed by atoms with Crippen molar-refractivity contribution in [2.75, 3.05) is 13.2 Å². The molecule has 0 spiro atoms. The SMILES string of the molecule is CCCNC(Cc1nc(C2CCCO2)no1)CC(C)C. The van der Waals surface area contributed by atoms with Gasteiger partial charge in [-0.15, -0.1) is 0 Å². The van der Waals surface area contributed by atoms with E-state index in [0.717, 1.165) is 57.0 Å². The number of aromatic nitrogens is 2. The highest BCUT2D eigenvalue weighted by atomic mass is 16.5. The first-order chi connectivity index (χ1) is 9.69. The third kappa shape index (κ3) is 4.56. The molecule has 1 N–H and O–H groups in total. The second-order valence-electron chi connectivity index (χ2n) is 6.03. The summed E-state index contributed by atoms with van der Waals surface area (Å²) in [5, 5.41) is 7.64. The van der Waals surface area contributed by atoms with Crippen LogP contribution in [0, 0.1) is 5.92 Å². The number of nitrogens with zero attached hydrogens (tertiary/aromatic N) is 2. The number of hydrogen-bond acceptors (Lipinski definition) is 5. The third-order valence-corrected chi connectivity index (χ3v) is 3.56. The van der Waals surface area contributed by atoms with E-state index in [0.29, 0.717) is 12.0 Å². The minimum atomic E-state index is 0.0413. The quantitative estimate of drug-likeness (QED) is 0.794. The molecule has 2 atom stereocenters. The molecule has 0 aliphatic carbocycles. The van der Waals surface area contributed by atoms with Crippen LogP contribution >= 0.6 is 0 Å². The summed E-state index contributed by atoms with van der Waals surface area (Å²) in [6.07, 6.45) is 5.19. The first-order valence-corrected chi connectivity index (χ1v) is 7.86. The second-order valence-corrected chi connectivity index (χ2v) is 6.03. The van der Waals surface area contributed by atoms with Crippen LogP contribution in [-0.4, -0.2) is 29.3 Å². The lowest BCUT2D eigenvalue weighted by Gasteiger charge is -2.18. The molecule has 0 aromatic carbocycles. The molecule has 0 saturated carbocycles. The van der Waals surface area contributed by atoms with Crippen LogP contribution in [0.1, 0.15) is 64.3 Å². The van der Waals surface area contributed by atoms with Crippen molar-refractivity contribution in [3.63, 3.8) is 0 Å². The fourth-order valence-electron chi connectivity index (χ4n) is 2.63. The van der Waals surface area contributed by atoms with Gasteiger partial charge in [-0.3, -0.25) is 0 Å². The first-order valence-electron chi connectivity index (χ1n) is 7.86. The largest absolute Gasteiger partial charge is 0.370 e. The Kier molecular flexibility index (Phi) is 5.98. The zero-order valence-corrected chi connectivity index (χ0v) is 12.9. The monoisotopic (exact) mass is 281 g/mol. The van der Waals surface area contributed by atoms with E-state index in [1.165, 1.54) is 0 Å². The van der Waals surface area contributed by atoms with Crippen molar-refractivity contribution in [3.05, 3.63) is 11.7 Å². The molecule has 20 heavy (non-hydrogen) atoms. The summed E-state index contributed by atoms with van der Waals surface area (Å²) in [6.45, 7) is 8.51. The van der Waals surface area contributed by atoms with Crippen molar-refractivity contribution in [3.8, 4) is 0 Å². The molecule has 5 heteroatoms. The molecule has 5 nitrogen and oxygen atoms in total. The average Bonchev–Trinajstić information content (AvgIpc) is 3.05. The molecule has 2 rings (SSSR count). The van der Waals surface area contributed by atoms with Gasteiger partial charge in [0.25, 0.3) is 0 Å². The Bertz CT molecular complexity index is 386. The minimum absolute atomic E-state index is 0.0413. The van der Waals surface area contributed by atoms with Crippen molar-refractivity contribution in [1.82, 2.24) is 15.5 Å². The molecule has 1 fully saturated rings. The molecule has 114 valence electrons. The summed E-state index contributed by atoms with van der Waals surface area (Å²) in [5.74, 6) is 2.10. The average molecular weight is 281 g/mol. The molecular formula is C15H27N3O2. The Hall–Kier alpha value is -0.940. The summed E-state index contributed by atoms with van der Waals surface area (Å²) in [4.78, 5) is 4.50. The predicted molar refractivity (Wildman–Crippen MR) is 77.5 cm³/mol. The van der Waals surface area contributed by atoms with Gasteiger partial charge in [-0.05, 0) is 38.1 Å². The van der Waals surface area contributed by atoms with Crippen molar-refractivity contribution in [1.29, 1.82) is 0 Å². The molecular weight excluding hydrogens is 254 g/mol. The summed E-state index contributed by atoms with van der Waals surface area (Å²) in [6, 6.07) is 0.410. The Balaban J connectivity index is 1.91. The molecule has 1 aliphatic rings. The maximum atomic E-state index is 5.59. The molecule has 1 aliphatic heterocycles. The van der Waals surface area contributed by atoms with E-state index in [4.69, 9.17) is 9.26 Å². The van der Waals surface area contributed by atoms with Gasteiger partial charge in [0.15, 0.2) is 0 Å². The van der Waals surface area contributed by atoms with E-state index in [2.05, 4.69) is 36.2 Å². The van der Waals surface area contributed by atoms with E-state index in [1.54, 1.807) is 0 Å². The van der Waals surface area contributed by atoms with Gasteiger partial charge in [-0.2, -0.15) is 4.98 Å². The van der Waals surface area contributed by atoms with Crippen molar-refractivity contribution < 1.29 is 9.26 Å². The van der Waals surface area contributed by atoms with Crippen LogP contribution in [0.25, 0.3) is 0 Å². The normalized spacial score (nSPS) is 20.7. The Morgan fingerprint density at radius 2 is 2.25 bits per heavy atom. The highest BCUT2D eigenvalue weighted by molar-refractivity contribution is 4.95. The van der Waals surface area contributed by atoms with Gasteiger partial charge in [-0.1, -0.05) is 25.9 Å². The molecule has 0 bridgehead atoms. The van der Waals surface area contributed by atoms with Crippen molar-refractivity contribution >= 4 is 0 Å². The zero-order chi connectivity index (χ0) is 14.4. The molecule has 2 unspecified atom stereocenters. The Morgan fingerprint density at radius 3 is 2.90 bits per heavy atom. The fourth-order valence-corrected chi connectivity index (χ4v) is 2.63. The standard InChI is InChI=1S/C15H27N3O2/c1-4-7-16-12(9-11(2)3)10-14-17-15(18-20-14)13-6-5-8-19-13/h11-13,16H,4-10H2,1-3H3. The topological polar surface area (TPSA) is 60.2 Å². The van der Waals surface area contributed by atoms with Gasteiger partial charge in [0.1, 0.15) is 6.10 Å². The van der Waals surface area contributed by atoms with E-state index >= 15 is 0 Å². The highest BCUT2D eigenvalue weighted by Crippen LogP contribution is 2.26. The maximum Gasteiger partial charge on any atom is 0.228 e. The lowest BCUT2D eigenvalue weighted by molar-refractivity contribution is 0.103. The first kappa shape index (κ1) is 15.4. The Labute approximate surface area is 121 Å².